The van der Waals surface area contributed by atoms with Crippen LogP contribution in [0.4, 0.5) is 10.5 Å². The average Bonchev–Trinajstić information content (AvgIpc) is 2.46. The third-order valence-corrected chi connectivity index (χ3v) is 4.66. The normalized spacial score (nSPS) is 18.6. The topological polar surface area (TPSA) is 61.8 Å². The monoisotopic (exact) mass is 306 g/mol. The predicted molar refractivity (Wildman–Crippen MR) is 87.4 cm³/mol. The number of hydrogen-bond donors (Lipinski definition) is 2. The zero-order valence-corrected chi connectivity index (χ0v) is 13.8. The molecular weight excluding hydrogens is 280 g/mol. The molecule has 2 rings (SSSR count). The largest absolute Gasteiger partial charge is 0.465 e. The molecule has 2 N–H and O–H groups in total. The third kappa shape index (κ3) is 3.35. The Morgan fingerprint density at radius 3 is 2.41 bits per heavy atom. The highest BCUT2D eigenvalue weighted by atomic mass is 16.5. The van der Waals surface area contributed by atoms with Gasteiger partial charge in [-0.1, -0.05) is 32.9 Å². The van der Waals surface area contributed by atoms with Gasteiger partial charge in [-0.2, -0.15) is 0 Å². The lowest BCUT2D eigenvalue weighted by Crippen LogP contribution is -2.52. The molecule has 1 amide bonds. The highest BCUT2D eigenvalue weighted by molar-refractivity contribution is 5.66. The maximum Gasteiger partial charge on any atom is 0.405 e. The zero-order chi connectivity index (χ0) is 16.4. The van der Waals surface area contributed by atoms with Crippen molar-refractivity contribution in [2.75, 3.05) is 31.2 Å². The molecule has 0 aromatic heterocycles. The lowest BCUT2D eigenvalue weighted by molar-refractivity contribution is 0.122. The molecule has 22 heavy (non-hydrogen) atoms. The maximum absolute atomic E-state index is 11.3. The number of nitrogens with one attached hydrogen (secondary N) is 1. The SMILES string of the molecule is CC(C)(C)[C@](C)(NC(=O)O)c1cccc(N2CCOCC2)c1. The van der Waals surface area contributed by atoms with Gasteiger partial charge in [0.05, 0.1) is 18.8 Å². The molecule has 5 nitrogen and oxygen atoms in total. The number of amides is 1. The van der Waals surface area contributed by atoms with Crippen LogP contribution in [0.15, 0.2) is 24.3 Å². The van der Waals surface area contributed by atoms with Crippen molar-refractivity contribution in [1.82, 2.24) is 5.32 Å². The molecule has 1 atom stereocenters. The van der Waals surface area contributed by atoms with E-state index in [0.717, 1.165) is 37.6 Å². The number of rotatable bonds is 3. The van der Waals surface area contributed by atoms with E-state index in [1.165, 1.54) is 0 Å². The first-order valence-electron chi connectivity index (χ1n) is 7.68. The van der Waals surface area contributed by atoms with Gasteiger partial charge in [0.15, 0.2) is 0 Å². The number of anilines is 1. The molecule has 1 aliphatic rings. The molecule has 0 aliphatic carbocycles. The summed E-state index contributed by atoms with van der Waals surface area (Å²) in [5.41, 5.74) is 1.17. The predicted octanol–water partition coefficient (Wildman–Crippen LogP) is 3.05. The van der Waals surface area contributed by atoms with E-state index in [1.54, 1.807) is 0 Å². The fourth-order valence-corrected chi connectivity index (χ4v) is 2.74. The minimum absolute atomic E-state index is 0.255. The number of carbonyl (C=O) groups is 1. The van der Waals surface area contributed by atoms with Crippen molar-refractivity contribution in [2.45, 2.75) is 33.2 Å². The molecule has 122 valence electrons. The van der Waals surface area contributed by atoms with Crippen molar-refractivity contribution in [2.24, 2.45) is 5.41 Å². The van der Waals surface area contributed by atoms with Gasteiger partial charge >= 0.3 is 6.09 Å². The molecule has 5 heteroatoms. The minimum Gasteiger partial charge on any atom is -0.465 e. The molecule has 1 heterocycles. The molecule has 1 aromatic carbocycles. The Hall–Kier alpha value is -1.75. The highest BCUT2D eigenvalue weighted by Gasteiger charge is 2.40. The Morgan fingerprint density at radius 1 is 1.23 bits per heavy atom. The van der Waals surface area contributed by atoms with Crippen molar-refractivity contribution >= 4 is 11.8 Å². The van der Waals surface area contributed by atoms with Gasteiger partial charge in [0, 0.05) is 18.8 Å². The first-order chi connectivity index (χ1) is 10.2. The molecule has 0 unspecified atom stereocenters. The Labute approximate surface area is 132 Å². The summed E-state index contributed by atoms with van der Waals surface area (Å²) in [5, 5.41) is 12.0. The van der Waals surface area contributed by atoms with Crippen LogP contribution in [-0.4, -0.2) is 37.5 Å². The van der Waals surface area contributed by atoms with Crippen LogP contribution in [0.5, 0.6) is 0 Å². The van der Waals surface area contributed by atoms with E-state index in [4.69, 9.17) is 4.74 Å². The maximum atomic E-state index is 11.3. The van der Waals surface area contributed by atoms with Gasteiger partial charge in [-0.3, -0.25) is 0 Å². The second-order valence-corrected chi connectivity index (χ2v) is 6.95. The molecule has 1 aliphatic heterocycles. The number of morpholine rings is 1. The third-order valence-electron chi connectivity index (χ3n) is 4.66. The minimum atomic E-state index is -1.01. The summed E-state index contributed by atoms with van der Waals surface area (Å²) in [6.45, 7) is 11.3. The van der Waals surface area contributed by atoms with E-state index >= 15 is 0 Å². The number of nitrogens with zero attached hydrogens (tertiary/aromatic N) is 1. The second kappa shape index (κ2) is 6.16. The van der Waals surface area contributed by atoms with E-state index in [9.17, 15) is 9.90 Å². The molecule has 0 saturated carbocycles. The zero-order valence-electron chi connectivity index (χ0n) is 13.8. The molecule has 0 radical (unpaired) electrons. The number of carboxylic acid groups (broad SMARTS) is 1. The Kier molecular flexibility index (Phi) is 4.66. The van der Waals surface area contributed by atoms with Crippen LogP contribution in [0.25, 0.3) is 0 Å². The first-order valence-corrected chi connectivity index (χ1v) is 7.68. The average molecular weight is 306 g/mol. The van der Waals surface area contributed by atoms with Gasteiger partial charge in [0.2, 0.25) is 0 Å². The van der Waals surface area contributed by atoms with E-state index in [-0.39, 0.29) is 5.41 Å². The summed E-state index contributed by atoms with van der Waals surface area (Å²) >= 11 is 0. The molecule has 0 spiro atoms. The van der Waals surface area contributed by atoms with Crippen LogP contribution in [0, 0.1) is 5.41 Å². The standard InChI is InChI=1S/C17H26N2O3/c1-16(2,3)17(4,18-15(20)21)13-6-5-7-14(12-13)19-8-10-22-11-9-19/h5-7,12,18H,8-11H2,1-4H3,(H,20,21)/t17-/m1/s1. The van der Waals surface area contributed by atoms with Gasteiger partial charge < -0.3 is 20.1 Å². The lowest BCUT2D eigenvalue weighted by atomic mass is 9.70. The quantitative estimate of drug-likeness (QED) is 0.901. The fourth-order valence-electron chi connectivity index (χ4n) is 2.74. The van der Waals surface area contributed by atoms with Crippen molar-refractivity contribution in [1.29, 1.82) is 0 Å². The van der Waals surface area contributed by atoms with Crippen molar-refractivity contribution in [3.8, 4) is 0 Å². The van der Waals surface area contributed by atoms with Crippen molar-refractivity contribution in [3.63, 3.8) is 0 Å². The van der Waals surface area contributed by atoms with Gasteiger partial charge in [0.25, 0.3) is 0 Å². The van der Waals surface area contributed by atoms with E-state index in [2.05, 4.69) is 22.3 Å². The molecule has 0 bridgehead atoms. The Bertz CT molecular complexity index is 533. The van der Waals surface area contributed by atoms with Crippen molar-refractivity contribution < 1.29 is 14.6 Å². The number of hydrogen-bond acceptors (Lipinski definition) is 3. The summed E-state index contributed by atoms with van der Waals surface area (Å²) in [4.78, 5) is 13.6. The van der Waals surface area contributed by atoms with Gasteiger partial charge in [-0.15, -0.1) is 0 Å². The summed E-state index contributed by atoms with van der Waals surface area (Å²) < 4.78 is 5.39. The van der Waals surface area contributed by atoms with Crippen LogP contribution >= 0.6 is 0 Å². The van der Waals surface area contributed by atoms with Crippen LogP contribution in [0.3, 0.4) is 0 Å². The Balaban J connectivity index is 2.38. The molecule has 1 aromatic rings. The van der Waals surface area contributed by atoms with Gasteiger partial charge in [0.1, 0.15) is 0 Å². The summed E-state index contributed by atoms with van der Waals surface area (Å²) in [5.74, 6) is 0. The molecule has 1 fully saturated rings. The smallest absolute Gasteiger partial charge is 0.405 e. The van der Waals surface area contributed by atoms with Crippen LogP contribution < -0.4 is 10.2 Å². The molecular formula is C17H26N2O3. The summed E-state index contributed by atoms with van der Waals surface area (Å²) in [7, 11) is 0. The van der Waals surface area contributed by atoms with Crippen LogP contribution in [-0.2, 0) is 10.3 Å². The van der Waals surface area contributed by atoms with Gasteiger partial charge in [-0.05, 0) is 30.0 Å². The fraction of sp³-hybridized carbons (Fsp3) is 0.588. The highest BCUT2D eigenvalue weighted by Crippen LogP contribution is 2.40. The van der Waals surface area contributed by atoms with Crippen LogP contribution in [0.1, 0.15) is 33.3 Å². The lowest BCUT2D eigenvalue weighted by Gasteiger charge is -2.42. The van der Waals surface area contributed by atoms with Crippen molar-refractivity contribution in [3.05, 3.63) is 29.8 Å². The molecule has 1 saturated heterocycles. The number of benzene rings is 1. The van der Waals surface area contributed by atoms with Gasteiger partial charge in [-0.25, -0.2) is 4.79 Å². The van der Waals surface area contributed by atoms with E-state index < -0.39 is 11.6 Å². The Morgan fingerprint density at radius 2 is 1.86 bits per heavy atom. The van der Waals surface area contributed by atoms with E-state index in [1.807, 2.05) is 39.8 Å². The summed E-state index contributed by atoms with van der Waals surface area (Å²) in [6.07, 6.45) is -1.01. The number of ether oxygens (including phenoxy) is 1. The van der Waals surface area contributed by atoms with E-state index in [0.29, 0.717) is 0 Å². The second-order valence-electron chi connectivity index (χ2n) is 6.95. The first kappa shape index (κ1) is 16.6. The van der Waals surface area contributed by atoms with Crippen LogP contribution in [0.2, 0.25) is 0 Å². The summed E-state index contributed by atoms with van der Waals surface area (Å²) in [6, 6.07) is 8.14.